The molecule has 3 N–H and O–H groups in total. The Balaban J connectivity index is 2.22. The molecule has 5 nitrogen and oxygen atoms in total. The molecule has 104 valence electrons. The summed E-state index contributed by atoms with van der Waals surface area (Å²) in [5, 5.41) is 3.12. The molecule has 2 rings (SSSR count). The molecule has 0 fully saturated rings. The quantitative estimate of drug-likeness (QED) is 0.627. The fraction of sp³-hybridized carbons (Fsp3) is 0.143. The van der Waals surface area contributed by atoms with Gasteiger partial charge in [0.15, 0.2) is 0 Å². The Morgan fingerprint density at radius 2 is 2.10 bits per heavy atom. The first-order valence-electron chi connectivity index (χ1n) is 6.05. The average Bonchev–Trinajstić information content (AvgIpc) is 2.43. The van der Waals surface area contributed by atoms with E-state index in [0.29, 0.717) is 23.7 Å². The smallest absolute Gasteiger partial charge is 0.340 e. The molecule has 0 spiro atoms. The molecule has 6 heteroatoms. The number of esters is 1. The standard InChI is InChI=1S/C14H14IN3O2/c1-2-20-14(19)11-7-13(17-8-12(11)16)18-10-5-3-9(15)4-6-10/h3-8H,2,16H2,1H3,(H,17,18). The molecule has 0 bridgehead atoms. The van der Waals surface area contributed by atoms with E-state index in [9.17, 15) is 4.79 Å². The first kappa shape index (κ1) is 14.6. The number of anilines is 3. The number of nitrogens with two attached hydrogens (primary N) is 1. The number of carbonyl (C=O) groups is 1. The van der Waals surface area contributed by atoms with Gasteiger partial charge in [0, 0.05) is 9.26 Å². The average molecular weight is 383 g/mol. The summed E-state index contributed by atoms with van der Waals surface area (Å²) in [4.78, 5) is 15.9. The molecule has 1 aromatic heterocycles. The van der Waals surface area contributed by atoms with E-state index in [4.69, 9.17) is 10.5 Å². The molecule has 1 heterocycles. The highest BCUT2D eigenvalue weighted by atomic mass is 127. The highest BCUT2D eigenvalue weighted by Crippen LogP contribution is 2.20. The number of hydrogen-bond donors (Lipinski definition) is 2. The highest BCUT2D eigenvalue weighted by Gasteiger charge is 2.12. The molecule has 2 aromatic rings. The van der Waals surface area contributed by atoms with Gasteiger partial charge in [0.05, 0.1) is 24.1 Å². The number of nitrogens with zero attached hydrogens (tertiary/aromatic N) is 1. The predicted molar refractivity (Wildman–Crippen MR) is 87.0 cm³/mol. The first-order chi connectivity index (χ1) is 9.60. The number of halogens is 1. The van der Waals surface area contributed by atoms with Crippen LogP contribution in [0.15, 0.2) is 36.5 Å². The van der Waals surface area contributed by atoms with Crippen LogP contribution in [0.2, 0.25) is 0 Å². The molecule has 1 aromatic carbocycles. The van der Waals surface area contributed by atoms with E-state index < -0.39 is 5.97 Å². The maximum absolute atomic E-state index is 11.8. The Kier molecular flexibility index (Phi) is 4.78. The van der Waals surface area contributed by atoms with Gasteiger partial charge in [0.1, 0.15) is 5.82 Å². The van der Waals surface area contributed by atoms with Crippen molar-refractivity contribution >= 4 is 45.8 Å². The summed E-state index contributed by atoms with van der Waals surface area (Å²) < 4.78 is 6.10. The van der Waals surface area contributed by atoms with Crippen molar-refractivity contribution in [2.24, 2.45) is 0 Å². The van der Waals surface area contributed by atoms with Gasteiger partial charge in [-0.2, -0.15) is 0 Å². The predicted octanol–water partition coefficient (Wildman–Crippen LogP) is 3.19. The normalized spacial score (nSPS) is 10.1. The fourth-order valence-electron chi connectivity index (χ4n) is 1.60. The maximum Gasteiger partial charge on any atom is 0.340 e. The Morgan fingerprint density at radius 3 is 2.75 bits per heavy atom. The van der Waals surface area contributed by atoms with Gasteiger partial charge in [-0.05, 0) is 59.8 Å². The number of ether oxygens (including phenoxy) is 1. The Bertz CT molecular complexity index is 614. The number of hydrogen-bond acceptors (Lipinski definition) is 5. The van der Waals surface area contributed by atoms with Crippen LogP contribution < -0.4 is 11.1 Å². The van der Waals surface area contributed by atoms with Crippen molar-refractivity contribution in [2.45, 2.75) is 6.92 Å². The topological polar surface area (TPSA) is 77.2 Å². The van der Waals surface area contributed by atoms with Crippen LogP contribution in [0, 0.1) is 3.57 Å². The SMILES string of the molecule is CCOC(=O)c1cc(Nc2ccc(I)cc2)ncc1N. The minimum atomic E-state index is -0.446. The van der Waals surface area contributed by atoms with Crippen LogP contribution in [0.1, 0.15) is 17.3 Å². The third-order valence-corrected chi connectivity index (χ3v) is 3.27. The molecule has 20 heavy (non-hydrogen) atoms. The number of benzene rings is 1. The van der Waals surface area contributed by atoms with Gasteiger partial charge in [0.25, 0.3) is 0 Å². The molecule has 0 aliphatic rings. The summed E-state index contributed by atoms with van der Waals surface area (Å²) >= 11 is 2.23. The van der Waals surface area contributed by atoms with Crippen molar-refractivity contribution < 1.29 is 9.53 Å². The zero-order chi connectivity index (χ0) is 14.5. The number of nitrogen functional groups attached to an aromatic ring is 1. The van der Waals surface area contributed by atoms with E-state index in [2.05, 4.69) is 32.9 Å². The van der Waals surface area contributed by atoms with Crippen LogP contribution in [0.5, 0.6) is 0 Å². The monoisotopic (exact) mass is 383 g/mol. The lowest BCUT2D eigenvalue weighted by Gasteiger charge is -2.09. The number of carbonyl (C=O) groups excluding carboxylic acids is 1. The molecule has 0 amide bonds. The minimum Gasteiger partial charge on any atom is -0.462 e. The minimum absolute atomic E-state index is 0.302. The van der Waals surface area contributed by atoms with Gasteiger partial charge in [0.2, 0.25) is 0 Å². The molecule has 0 atom stereocenters. The third kappa shape index (κ3) is 3.60. The third-order valence-electron chi connectivity index (χ3n) is 2.55. The highest BCUT2D eigenvalue weighted by molar-refractivity contribution is 14.1. The van der Waals surface area contributed by atoms with Gasteiger partial charge < -0.3 is 15.8 Å². The summed E-state index contributed by atoms with van der Waals surface area (Å²) in [7, 11) is 0. The zero-order valence-corrected chi connectivity index (χ0v) is 13.0. The van der Waals surface area contributed by atoms with Crippen molar-refractivity contribution in [1.29, 1.82) is 0 Å². The van der Waals surface area contributed by atoms with Crippen LogP contribution in [0.3, 0.4) is 0 Å². The lowest BCUT2D eigenvalue weighted by atomic mass is 10.2. The lowest BCUT2D eigenvalue weighted by Crippen LogP contribution is -2.09. The van der Waals surface area contributed by atoms with Crippen molar-refractivity contribution in [3.63, 3.8) is 0 Å². The Labute approximate surface area is 130 Å². The summed E-state index contributed by atoms with van der Waals surface area (Å²) in [5.74, 6) is 0.0986. The molecular weight excluding hydrogens is 369 g/mol. The zero-order valence-electron chi connectivity index (χ0n) is 10.9. The number of nitrogens with one attached hydrogen (secondary N) is 1. The van der Waals surface area contributed by atoms with Crippen LogP contribution in [-0.2, 0) is 4.74 Å². The molecule has 0 saturated carbocycles. The second-order valence-corrected chi connectivity index (χ2v) is 5.25. The molecule has 0 unspecified atom stereocenters. The van der Waals surface area contributed by atoms with E-state index in [-0.39, 0.29) is 0 Å². The molecule has 0 saturated heterocycles. The first-order valence-corrected chi connectivity index (χ1v) is 7.13. The second-order valence-electron chi connectivity index (χ2n) is 4.01. The summed E-state index contributed by atoms with van der Waals surface area (Å²) in [6.07, 6.45) is 1.45. The second kappa shape index (κ2) is 6.56. The van der Waals surface area contributed by atoms with E-state index in [1.54, 1.807) is 13.0 Å². The summed E-state index contributed by atoms with van der Waals surface area (Å²) in [6.45, 7) is 2.06. The number of rotatable bonds is 4. The summed E-state index contributed by atoms with van der Waals surface area (Å²) in [5.41, 5.74) is 7.25. The van der Waals surface area contributed by atoms with Gasteiger partial charge in [-0.1, -0.05) is 0 Å². The molecule has 0 radical (unpaired) electrons. The van der Waals surface area contributed by atoms with Gasteiger partial charge in [-0.15, -0.1) is 0 Å². The van der Waals surface area contributed by atoms with E-state index in [0.717, 1.165) is 9.26 Å². The molecular formula is C14H14IN3O2. The van der Waals surface area contributed by atoms with E-state index in [1.165, 1.54) is 6.20 Å². The Morgan fingerprint density at radius 1 is 1.40 bits per heavy atom. The number of aromatic nitrogens is 1. The summed E-state index contributed by atoms with van der Waals surface area (Å²) in [6, 6.07) is 9.41. The van der Waals surface area contributed by atoms with Crippen LogP contribution >= 0.6 is 22.6 Å². The molecule has 0 aliphatic heterocycles. The maximum atomic E-state index is 11.8. The van der Waals surface area contributed by atoms with Gasteiger partial charge >= 0.3 is 5.97 Å². The molecule has 0 aliphatic carbocycles. The van der Waals surface area contributed by atoms with Crippen molar-refractivity contribution in [3.8, 4) is 0 Å². The van der Waals surface area contributed by atoms with Crippen molar-refractivity contribution in [2.75, 3.05) is 17.7 Å². The van der Waals surface area contributed by atoms with E-state index in [1.807, 2.05) is 24.3 Å². The van der Waals surface area contributed by atoms with Gasteiger partial charge in [-0.25, -0.2) is 9.78 Å². The van der Waals surface area contributed by atoms with Crippen LogP contribution in [0.4, 0.5) is 17.2 Å². The van der Waals surface area contributed by atoms with E-state index >= 15 is 0 Å². The van der Waals surface area contributed by atoms with Crippen molar-refractivity contribution in [1.82, 2.24) is 4.98 Å². The fourth-order valence-corrected chi connectivity index (χ4v) is 1.96. The largest absolute Gasteiger partial charge is 0.462 e. The Hall–Kier alpha value is -1.83. The van der Waals surface area contributed by atoms with Crippen molar-refractivity contribution in [3.05, 3.63) is 45.7 Å². The number of pyridine rings is 1. The van der Waals surface area contributed by atoms with Crippen LogP contribution in [0.25, 0.3) is 0 Å². The van der Waals surface area contributed by atoms with Gasteiger partial charge in [-0.3, -0.25) is 0 Å². The van der Waals surface area contributed by atoms with Crippen LogP contribution in [-0.4, -0.2) is 17.6 Å². The lowest BCUT2D eigenvalue weighted by molar-refractivity contribution is 0.0527.